The van der Waals surface area contributed by atoms with Gasteiger partial charge in [0, 0.05) is 22.9 Å². The van der Waals surface area contributed by atoms with Crippen molar-refractivity contribution in [2.24, 2.45) is 0 Å². The highest BCUT2D eigenvalue weighted by atomic mass is 79.9. The molecule has 0 aromatic carbocycles. The average molecular weight is 335 g/mol. The normalized spacial score (nSPS) is 10.2. The van der Waals surface area contributed by atoms with Gasteiger partial charge in [0.15, 0.2) is 0 Å². The lowest BCUT2D eigenvalue weighted by Crippen LogP contribution is -2.16. The number of carbonyl (C=O) groups is 1. The number of amides is 1. The summed E-state index contributed by atoms with van der Waals surface area (Å²) in [6.07, 6.45) is 3.29. The van der Waals surface area contributed by atoms with E-state index in [1.807, 2.05) is 26.0 Å². The van der Waals surface area contributed by atoms with Crippen LogP contribution in [0.25, 0.3) is 0 Å². The molecule has 2 aromatic heterocycles. The van der Waals surface area contributed by atoms with E-state index in [0.29, 0.717) is 23.6 Å². The topological polar surface area (TPSA) is 66.9 Å². The van der Waals surface area contributed by atoms with E-state index in [2.05, 4.69) is 36.5 Å². The number of hydrogen-bond donors (Lipinski definition) is 2. The number of nitrogens with zero attached hydrogens (tertiary/aromatic N) is 2. The first-order valence-electron chi connectivity index (χ1n) is 6.23. The van der Waals surface area contributed by atoms with Crippen molar-refractivity contribution in [1.82, 2.24) is 9.97 Å². The van der Waals surface area contributed by atoms with E-state index < -0.39 is 0 Å². The van der Waals surface area contributed by atoms with Crippen LogP contribution in [0.3, 0.4) is 0 Å². The van der Waals surface area contributed by atoms with Crippen LogP contribution in [-0.4, -0.2) is 22.4 Å². The molecule has 0 saturated carbocycles. The van der Waals surface area contributed by atoms with Gasteiger partial charge in [-0.25, -0.2) is 4.98 Å². The molecule has 0 fully saturated rings. The van der Waals surface area contributed by atoms with Crippen LogP contribution in [0.2, 0.25) is 0 Å². The number of anilines is 2. The summed E-state index contributed by atoms with van der Waals surface area (Å²) in [4.78, 5) is 20.7. The molecular weight excluding hydrogens is 320 g/mol. The maximum atomic E-state index is 12.3. The molecule has 6 heteroatoms. The lowest BCUT2D eigenvalue weighted by molar-refractivity contribution is 0.102. The number of rotatable bonds is 4. The van der Waals surface area contributed by atoms with Gasteiger partial charge in [-0.3, -0.25) is 9.78 Å². The largest absolute Gasteiger partial charge is 0.370 e. The zero-order valence-corrected chi connectivity index (χ0v) is 12.9. The molecule has 0 aliphatic heterocycles. The molecule has 5 nitrogen and oxygen atoms in total. The molecular formula is C14H15BrN4O. The number of nitrogens with one attached hydrogen (secondary N) is 2. The predicted molar refractivity (Wildman–Crippen MR) is 83.0 cm³/mol. The molecule has 0 unspecified atom stereocenters. The lowest BCUT2D eigenvalue weighted by atomic mass is 10.2. The molecule has 0 spiro atoms. The highest BCUT2D eigenvalue weighted by Crippen LogP contribution is 2.19. The monoisotopic (exact) mass is 334 g/mol. The highest BCUT2D eigenvalue weighted by Gasteiger charge is 2.13. The van der Waals surface area contributed by atoms with E-state index in [0.717, 1.165) is 10.2 Å². The molecule has 0 saturated heterocycles. The zero-order valence-electron chi connectivity index (χ0n) is 11.3. The van der Waals surface area contributed by atoms with Crippen LogP contribution in [-0.2, 0) is 0 Å². The van der Waals surface area contributed by atoms with Gasteiger partial charge in [0.05, 0.1) is 17.4 Å². The molecule has 20 heavy (non-hydrogen) atoms. The number of pyridine rings is 2. The molecule has 0 bridgehead atoms. The molecule has 2 aromatic rings. The Kier molecular flexibility index (Phi) is 4.68. The Balaban J connectivity index is 2.23. The Morgan fingerprint density at radius 1 is 1.30 bits per heavy atom. The fraction of sp³-hybridized carbons (Fsp3) is 0.214. The Labute approximate surface area is 126 Å². The average Bonchev–Trinajstić information content (AvgIpc) is 2.43. The second kappa shape index (κ2) is 6.47. The van der Waals surface area contributed by atoms with E-state index >= 15 is 0 Å². The van der Waals surface area contributed by atoms with Gasteiger partial charge in [-0.1, -0.05) is 0 Å². The van der Waals surface area contributed by atoms with Crippen molar-refractivity contribution in [3.05, 3.63) is 46.3 Å². The summed E-state index contributed by atoms with van der Waals surface area (Å²) in [7, 11) is 0. The van der Waals surface area contributed by atoms with Crippen molar-refractivity contribution in [1.29, 1.82) is 0 Å². The van der Waals surface area contributed by atoms with Gasteiger partial charge < -0.3 is 10.6 Å². The first-order valence-corrected chi connectivity index (χ1v) is 7.03. The molecule has 2 N–H and O–H groups in total. The summed E-state index contributed by atoms with van der Waals surface area (Å²) < 4.78 is 0.756. The van der Waals surface area contributed by atoms with Crippen LogP contribution in [0.15, 0.2) is 35.1 Å². The Hall–Kier alpha value is -1.95. The van der Waals surface area contributed by atoms with Crippen LogP contribution in [0, 0.1) is 6.92 Å². The minimum Gasteiger partial charge on any atom is -0.370 e. The Morgan fingerprint density at radius 3 is 2.75 bits per heavy atom. The van der Waals surface area contributed by atoms with Crippen molar-refractivity contribution in [2.75, 3.05) is 17.2 Å². The number of halogens is 1. The first-order chi connectivity index (χ1) is 9.60. The first kappa shape index (κ1) is 14.5. The summed E-state index contributed by atoms with van der Waals surface area (Å²) in [5.74, 6) is 0.341. The van der Waals surface area contributed by atoms with Gasteiger partial charge in [0.1, 0.15) is 5.82 Å². The SMILES string of the molecule is CCNc1ncc(Br)cc1C(=O)Nc1ccc(C)nc1. The fourth-order valence-electron chi connectivity index (χ4n) is 1.66. The number of carbonyl (C=O) groups excluding carboxylic acids is 1. The number of aromatic nitrogens is 2. The van der Waals surface area contributed by atoms with Crippen molar-refractivity contribution in [2.45, 2.75) is 13.8 Å². The molecule has 104 valence electrons. The molecule has 1 amide bonds. The zero-order chi connectivity index (χ0) is 14.5. The number of hydrogen-bond acceptors (Lipinski definition) is 4. The van der Waals surface area contributed by atoms with Gasteiger partial charge in [0.2, 0.25) is 0 Å². The van der Waals surface area contributed by atoms with Crippen LogP contribution >= 0.6 is 15.9 Å². The molecule has 0 radical (unpaired) electrons. The summed E-state index contributed by atoms with van der Waals surface area (Å²) >= 11 is 3.33. The van der Waals surface area contributed by atoms with E-state index in [1.54, 1.807) is 18.5 Å². The summed E-state index contributed by atoms with van der Waals surface area (Å²) in [5, 5.41) is 5.88. The second-order valence-electron chi connectivity index (χ2n) is 4.22. The lowest BCUT2D eigenvalue weighted by Gasteiger charge is -2.10. The van der Waals surface area contributed by atoms with Crippen LogP contribution in [0.5, 0.6) is 0 Å². The van der Waals surface area contributed by atoms with Gasteiger partial charge in [0.25, 0.3) is 5.91 Å². The van der Waals surface area contributed by atoms with Crippen molar-refractivity contribution in [3.8, 4) is 0 Å². The molecule has 2 heterocycles. The van der Waals surface area contributed by atoms with Crippen LogP contribution < -0.4 is 10.6 Å². The molecule has 2 rings (SSSR count). The summed E-state index contributed by atoms with van der Waals surface area (Å²) in [6, 6.07) is 5.40. The standard InChI is InChI=1S/C14H15BrN4O/c1-3-16-13-12(6-10(15)7-18-13)14(20)19-11-5-4-9(2)17-8-11/h4-8H,3H2,1-2H3,(H,16,18)(H,19,20). The van der Waals surface area contributed by atoms with Crippen LogP contribution in [0.4, 0.5) is 11.5 Å². The molecule has 0 aliphatic rings. The Bertz CT molecular complexity index is 613. The van der Waals surface area contributed by atoms with Crippen molar-refractivity contribution in [3.63, 3.8) is 0 Å². The van der Waals surface area contributed by atoms with Crippen molar-refractivity contribution >= 4 is 33.3 Å². The van der Waals surface area contributed by atoms with E-state index in [9.17, 15) is 4.79 Å². The maximum absolute atomic E-state index is 12.3. The van der Waals surface area contributed by atoms with E-state index in [4.69, 9.17) is 0 Å². The molecule has 0 aliphatic carbocycles. The third kappa shape index (κ3) is 3.54. The Morgan fingerprint density at radius 2 is 2.10 bits per heavy atom. The predicted octanol–water partition coefficient (Wildman–Crippen LogP) is 3.23. The van der Waals surface area contributed by atoms with Crippen LogP contribution in [0.1, 0.15) is 23.0 Å². The summed E-state index contributed by atoms with van der Waals surface area (Å²) in [6.45, 7) is 4.55. The maximum Gasteiger partial charge on any atom is 0.259 e. The number of aryl methyl sites for hydroxylation is 1. The van der Waals surface area contributed by atoms with Gasteiger partial charge in [-0.05, 0) is 48.0 Å². The van der Waals surface area contributed by atoms with Gasteiger partial charge >= 0.3 is 0 Å². The molecule has 0 atom stereocenters. The second-order valence-corrected chi connectivity index (χ2v) is 5.14. The van der Waals surface area contributed by atoms with Gasteiger partial charge in [-0.15, -0.1) is 0 Å². The minimum atomic E-state index is -0.222. The van der Waals surface area contributed by atoms with E-state index in [1.165, 1.54) is 0 Å². The fourth-order valence-corrected chi connectivity index (χ4v) is 1.99. The van der Waals surface area contributed by atoms with Gasteiger partial charge in [-0.2, -0.15) is 0 Å². The third-order valence-corrected chi connectivity index (χ3v) is 3.05. The smallest absolute Gasteiger partial charge is 0.259 e. The van der Waals surface area contributed by atoms with Crippen molar-refractivity contribution < 1.29 is 4.79 Å². The highest BCUT2D eigenvalue weighted by molar-refractivity contribution is 9.10. The minimum absolute atomic E-state index is 0.222. The van der Waals surface area contributed by atoms with E-state index in [-0.39, 0.29) is 5.91 Å². The summed E-state index contributed by atoms with van der Waals surface area (Å²) in [5.41, 5.74) is 2.05. The third-order valence-electron chi connectivity index (χ3n) is 2.61. The quantitative estimate of drug-likeness (QED) is 0.900.